The number of nitrogens with zero attached hydrogens (tertiary/aromatic N) is 1. The van der Waals surface area contributed by atoms with E-state index >= 15 is 0 Å². The predicted molar refractivity (Wildman–Crippen MR) is 176 cm³/mol. The van der Waals surface area contributed by atoms with Gasteiger partial charge < -0.3 is 48.1 Å². The lowest BCUT2D eigenvalue weighted by Gasteiger charge is -2.32. The summed E-state index contributed by atoms with van der Waals surface area (Å²) in [6.07, 6.45) is 3.17. The molecule has 0 bridgehead atoms. The Morgan fingerprint density at radius 3 is 2.21 bits per heavy atom. The van der Waals surface area contributed by atoms with Gasteiger partial charge in [-0.3, -0.25) is 33.6 Å². The third kappa shape index (κ3) is 12.8. The van der Waals surface area contributed by atoms with Gasteiger partial charge in [0.15, 0.2) is 0 Å². The van der Waals surface area contributed by atoms with Crippen molar-refractivity contribution in [1.29, 1.82) is 0 Å². The van der Waals surface area contributed by atoms with Gasteiger partial charge in [-0.2, -0.15) is 0 Å². The first-order valence-corrected chi connectivity index (χ1v) is 16.3. The molecule has 10 N–H and O–H groups in total. The van der Waals surface area contributed by atoms with Crippen molar-refractivity contribution in [1.82, 2.24) is 31.5 Å². The molecule has 0 unspecified atom stereocenters. The Morgan fingerprint density at radius 1 is 0.938 bits per heavy atom. The average molecular weight is 675 g/mol. The summed E-state index contributed by atoms with van der Waals surface area (Å²) in [5.41, 5.74) is 11.7. The molecule has 0 saturated carbocycles. The lowest BCUT2D eigenvalue weighted by atomic mass is 9.97. The average Bonchev–Trinajstić information content (AvgIpc) is 3.55. The molecule has 48 heavy (non-hydrogen) atoms. The zero-order valence-electron chi connectivity index (χ0n) is 27.9. The second kappa shape index (κ2) is 19.8. The number of benzene rings is 1. The van der Waals surface area contributed by atoms with Crippen molar-refractivity contribution in [3.8, 4) is 5.75 Å². The van der Waals surface area contributed by atoms with Crippen LogP contribution in [0.3, 0.4) is 0 Å². The number of rotatable bonds is 19. The summed E-state index contributed by atoms with van der Waals surface area (Å²) in [4.78, 5) is 89.9. The molecule has 1 aliphatic rings. The number of likely N-dealkylation sites (tertiary alicyclic amines) is 1. The van der Waals surface area contributed by atoms with Crippen LogP contribution in [0, 0.1) is 5.92 Å². The van der Waals surface area contributed by atoms with E-state index in [2.05, 4.69) is 26.6 Å². The first-order chi connectivity index (χ1) is 22.8. The Bertz CT molecular complexity index is 1290. The highest BCUT2D eigenvalue weighted by Crippen LogP contribution is 2.22. The van der Waals surface area contributed by atoms with Crippen LogP contribution in [-0.2, 0) is 40.0 Å². The molecule has 1 aliphatic heterocycles. The maximum atomic E-state index is 13.7. The number of carbonyl (C=O) groups is 7. The highest BCUT2D eigenvalue weighted by atomic mass is 16.3. The lowest BCUT2D eigenvalue weighted by molar-refractivity contribution is -0.143. The maximum absolute atomic E-state index is 13.7. The third-order valence-electron chi connectivity index (χ3n) is 8.18. The number of unbranched alkanes of at least 4 members (excludes halogenated alkanes) is 1. The van der Waals surface area contributed by atoms with Crippen LogP contribution in [0.5, 0.6) is 5.75 Å². The first-order valence-electron chi connectivity index (χ1n) is 16.3. The second-order valence-corrected chi connectivity index (χ2v) is 12.0. The molecule has 1 fully saturated rings. The summed E-state index contributed by atoms with van der Waals surface area (Å²) < 4.78 is 0. The number of primary amides is 1. The van der Waals surface area contributed by atoms with Crippen LogP contribution in [0.4, 0.5) is 0 Å². The molecule has 1 aromatic carbocycles. The van der Waals surface area contributed by atoms with Gasteiger partial charge in [-0.15, -0.1) is 0 Å². The number of phenolic OH excluding ortho intramolecular Hbond substituents is 1. The van der Waals surface area contributed by atoms with E-state index in [0.717, 1.165) is 0 Å². The van der Waals surface area contributed by atoms with E-state index in [-0.39, 0.29) is 24.6 Å². The number of amides is 7. The molecule has 2 rings (SSSR count). The minimum atomic E-state index is -0.986. The van der Waals surface area contributed by atoms with E-state index in [0.29, 0.717) is 50.6 Å². The van der Waals surface area contributed by atoms with Crippen molar-refractivity contribution in [2.24, 2.45) is 17.4 Å². The van der Waals surface area contributed by atoms with Gasteiger partial charge in [0, 0.05) is 19.9 Å². The molecular weight excluding hydrogens is 624 g/mol. The molecule has 1 aromatic rings. The quantitative estimate of drug-likeness (QED) is 0.0777. The number of phenols is 1. The van der Waals surface area contributed by atoms with Crippen molar-refractivity contribution in [2.75, 3.05) is 26.2 Å². The molecule has 0 spiro atoms. The van der Waals surface area contributed by atoms with Crippen LogP contribution in [-0.4, -0.2) is 102 Å². The third-order valence-corrected chi connectivity index (χ3v) is 8.18. The molecule has 0 radical (unpaired) electrons. The van der Waals surface area contributed by atoms with Gasteiger partial charge in [-0.05, 0) is 62.3 Å². The molecule has 1 saturated heterocycles. The minimum absolute atomic E-state index is 0.0486. The topological polar surface area (TPSA) is 255 Å². The van der Waals surface area contributed by atoms with Crippen LogP contribution >= 0.6 is 0 Å². The normalized spacial score (nSPS) is 16.5. The van der Waals surface area contributed by atoms with Gasteiger partial charge in [0.05, 0.1) is 13.1 Å². The predicted octanol–water partition coefficient (Wildman–Crippen LogP) is -1.71. The zero-order valence-corrected chi connectivity index (χ0v) is 27.9. The Hall–Kier alpha value is -4.73. The highest BCUT2D eigenvalue weighted by molar-refractivity contribution is 5.95. The van der Waals surface area contributed by atoms with E-state index < -0.39 is 78.6 Å². The fourth-order valence-corrected chi connectivity index (χ4v) is 5.29. The van der Waals surface area contributed by atoms with E-state index in [1.54, 1.807) is 19.1 Å². The summed E-state index contributed by atoms with van der Waals surface area (Å²) >= 11 is 0. The van der Waals surface area contributed by atoms with E-state index in [9.17, 15) is 38.7 Å². The number of nitrogens with one attached hydrogen (secondary N) is 5. The molecule has 0 aromatic heterocycles. The number of nitrogens with two attached hydrogens (primary N) is 2. The van der Waals surface area contributed by atoms with Crippen LogP contribution in [0.1, 0.15) is 64.9 Å². The van der Waals surface area contributed by atoms with Crippen molar-refractivity contribution in [2.45, 2.75) is 89.9 Å². The van der Waals surface area contributed by atoms with E-state index in [1.807, 2.05) is 6.92 Å². The smallest absolute Gasteiger partial charge is 0.246 e. The van der Waals surface area contributed by atoms with Crippen molar-refractivity contribution >= 4 is 41.4 Å². The van der Waals surface area contributed by atoms with Gasteiger partial charge in [-0.1, -0.05) is 32.4 Å². The molecule has 16 nitrogen and oxygen atoms in total. The highest BCUT2D eigenvalue weighted by Gasteiger charge is 2.40. The number of hydrogen-bond acceptors (Lipinski definition) is 9. The lowest BCUT2D eigenvalue weighted by Crippen LogP contribution is -2.58. The van der Waals surface area contributed by atoms with E-state index in [4.69, 9.17) is 11.5 Å². The molecular formula is C32H50N8O8. The van der Waals surface area contributed by atoms with Crippen molar-refractivity contribution in [3.05, 3.63) is 29.8 Å². The number of hydrogen-bond donors (Lipinski definition) is 8. The molecule has 1 heterocycles. The Balaban J connectivity index is 1.95. The zero-order chi connectivity index (χ0) is 35.8. The Labute approximate surface area is 280 Å². The number of carbonyl (C=O) groups excluding carboxylic acids is 7. The van der Waals surface area contributed by atoms with Crippen LogP contribution in [0.15, 0.2) is 24.3 Å². The fourth-order valence-electron chi connectivity index (χ4n) is 5.29. The Kier molecular flexibility index (Phi) is 16.3. The van der Waals surface area contributed by atoms with Crippen molar-refractivity contribution < 1.29 is 38.7 Å². The Morgan fingerprint density at radius 2 is 1.60 bits per heavy atom. The van der Waals surface area contributed by atoms with Crippen LogP contribution < -0.4 is 38.1 Å². The summed E-state index contributed by atoms with van der Waals surface area (Å²) in [5.74, 6) is -4.29. The number of aromatic hydroxyl groups is 1. The van der Waals surface area contributed by atoms with Crippen LogP contribution in [0.25, 0.3) is 0 Å². The van der Waals surface area contributed by atoms with Gasteiger partial charge in [0.25, 0.3) is 0 Å². The SMILES string of the molecule is CC[C@H](C)[C@H](NC(=O)CNC(=O)CNC(=O)[C@H](Cc1ccc(O)cc1)NC(C)=O)C(=O)N1CCC[C@H]1C(=O)N[C@@H](CCCCN)C(N)=O. The molecule has 7 amide bonds. The molecule has 16 heteroatoms. The van der Waals surface area contributed by atoms with Crippen LogP contribution in [0.2, 0.25) is 0 Å². The van der Waals surface area contributed by atoms with Crippen molar-refractivity contribution in [3.63, 3.8) is 0 Å². The molecule has 0 aliphatic carbocycles. The largest absolute Gasteiger partial charge is 0.508 e. The second-order valence-electron chi connectivity index (χ2n) is 12.0. The minimum Gasteiger partial charge on any atom is -0.508 e. The van der Waals surface area contributed by atoms with Gasteiger partial charge in [0.1, 0.15) is 29.9 Å². The molecule has 266 valence electrons. The standard InChI is InChI=1S/C32H50N8O8/c1-4-19(2)28(32(48)40-15-7-9-25(40)31(47)38-23(29(34)45)8-5-6-14-33)39-27(44)18-35-26(43)17-36-30(46)24(37-20(3)41)16-21-10-12-22(42)13-11-21/h10-13,19,23-25,28,42H,4-9,14-18,33H2,1-3H3,(H2,34,45)(H,35,43)(H,36,46)(H,37,41)(H,38,47)(H,39,44)/t19-,23-,24-,25-,28-/m0/s1. The maximum Gasteiger partial charge on any atom is 0.246 e. The van der Waals surface area contributed by atoms with E-state index in [1.165, 1.54) is 24.0 Å². The first kappa shape index (κ1) is 39.4. The summed E-state index contributed by atoms with van der Waals surface area (Å²) in [5, 5.41) is 22.2. The summed E-state index contributed by atoms with van der Waals surface area (Å²) in [6.45, 7) is 4.66. The monoisotopic (exact) mass is 674 g/mol. The summed E-state index contributed by atoms with van der Waals surface area (Å²) in [6, 6.07) is 2.40. The molecule has 5 atom stereocenters. The fraction of sp³-hybridized carbons (Fsp3) is 0.594. The van der Waals surface area contributed by atoms with Gasteiger partial charge in [0.2, 0.25) is 41.4 Å². The van der Waals surface area contributed by atoms with Gasteiger partial charge in [-0.25, -0.2) is 0 Å². The summed E-state index contributed by atoms with van der Waals surface area (Å²) in [7, 11) is 0. The van der Waals surface area contributed by atoms with Gasteiger partial charge >= 0.3 is 0 Å².